The lowest BCUT2D eigenvalue weighted by Crippen LogP contribution is -2.27. The maximum absolute atomic E-state index is 12.1. The van der Waals surface area contributed by atoms with Gasteiger partial charge in [-0.25, -0.2) is 9.97 Å². The summed E-state index contributed by atoms with van der Waals surface area (Å²) in [4.78, 5) is 33.1. The first-order valence-corrected chi connectivity index (χ1v) is 7.12. The minimum atomic E-state index is -0.306. The van der Waals surface area contributed by atoms with E-state index in [0.29, 0.717) is 16.2 Å². The van der Waals surface area contributed by atoms with Crippen LogP contribution in [-0.2, 0) is 11.3 Å². The van der Waals surface area contributed by atoms with Crippen LogP contribution in [0.15, 0.2) is 41.5 Å². The normalized spacial score (nSPS) is 10.7. The first kappa shape index (κ1) is 13.4. The molecule has 0 aliphatic heterocycles. The number of thiazole rings is 1. The molecule has 0 atom stereocenters. The summed E-state index contributed by atoms with van der Waals surface area (Å²) in [6.45, 7) is 1.84. The number of benzene rings is 1. The monoisotopic (exact) mass is 300 g/mol. The first-order valence-electron chi connectivity index (χ1n) is 6.30. The highest BCUT2D eigenvalue weighted by Crippen LogP contribution is 2.16. The molecule has 2 aromatic heterocycles. The van der Waals surface area contributed by atoms with Crippen molar-refractivity contribution in [2.75, 3.05) is 5.32 Å². The second kappa shape index (κ2) is 5.45. The Bertz CT molecular complexity index is 869. The van der Waals surface area contributed by atoms with Gasteiger partial charge in [-0.3, -0.25) is 14.2 Å². The maximum Gasteiger partial charge on any atom is 0.269 e. The number of fused-ring (bicyclic) bond motifs is 1. The summed E-state index contributed by atoms with van der Waals surface area (Å²) in [5.74, 6) is -0.289. The van der Waals surface area contributed by atoms with Gasteiger partial charge in [-0.15, -0.1) is 11.3 Å². The lowest BCUT2D eigenvalue weighted by atomic mass is 10.3. The summed E-state index contributed by atoms with van der Waals surface area (Å²) in [7, 11) is 0. The predicted octanol–water partition coefficient (Wildman–Crippen LogP) is 1.80. The van der Waals surface area contributed by atoms with Crippen LogP contribution in [0.4, 0.5) is 5.13 Å². The average molecular weight is 300 g/mol. The minimum absolute atomic E-state index is 0.0690. The smallest absolute Gasteiger partial charge is 0.269 e. The molecule has 1 aromatic carbocycles. The first-order chi connectivity index (χ1) is 10.1. The molecule has 21 heavy (non-hydrogen) atoms. The Hall–Kier alpha value is -2.54. The zero-order chi connectivity index (χ0) is 14.8. The molecular weight excluding hydrogens is 288 g/mol. The minimum Gasteiger partial charge on any atom is -0.300 e. The van der Waals surface area contributed by atoms with Crippen LogP contribution in [0.5, 0.6) is 0 Å². The summed E-state index contributed by atoms with van der Waals surface area (Å²) < 4.78 is 1.40. The number of anilines is 1. The summed E-state index contributed by atoms with van der Waals surface area (Å²) in [5.41, 5.74) is 1.00. The molecule has 106 valence electrons. The van der Waals surface area contributed by atoms with Crippen LogP contribution >= 0.6 is 11.3 Å². The van der Waals surface area contributed by atoms with Crippen molar-refractivity contribution in [2.24, 2.45) is 0 Å². The summed E-state index contributed by atoms with van der Waals surface area (Å²) >= 11 is 1.39. The number of hydrogen-bond donors (Lipinski definition) is 1. The maximum atomic E-state index is 12.1. The van der Waals surface area contributed by atoms with E-state index in [2.05, 4.69) is 15.3 Å². The number of nitrogens with one attached hydrogen (secondary N) is 1. The highest BCUT2D eigenvalue weighted by atomic mass is 32.1. The van der Waals surface area contributed by atoms with Crippen molar-refractivity contribution in [2.45, 2.75) is 13.5 Å². The summed E-state index contributed by atoms with van der Waals surface area (Å²) in [5, 5.41) is 3.22. The van der Waals surface area contributed by atoms with E-state index >= 15 is 0 Å². The molecule has 0 saturated carbocycles. The van der Waals surface area contributed by atoms with Crippen molar-refractivity contribution in [1.29, 1.82) is 0 Å². The largest absolute Gasteiger partial charge is 0.300 e. The lowest BCUT2D eigenvalue weighted by Gasteiger charge is -2.08. The van der Waals surface area contributed by atoms with E-state index in [0.717, 1.165) is 4.88 Å². The van der Waals surface area contributed by atoms with Gasteiger partial charge in [0.25, 0.3) is 5.56 Å². The number of aryl methyl sites for hydroxylation is 1. The van der Waals surface area contributed by atoms with Crippen LogP contribution in [0, 0.1) is 6.92 Å². The van der Waals surface area contributed by atoms with Gasteiger partial charge in [0.2, 0.25) is 5.91 Å². The highest BCUT2D eigenvalue weighted by molar-refractivity contribution is 7.15. The Kier molecular flexibility index (Phi) is 3.49. The van der Waals surface area contributed by atoms with E-state index < -0.39 is 0 Å². The Morgan fingerprint density at radius 3 is 2.86 bits per heavy atom. The van der Waals surface area contributed by atoms with Gasteiger partial charge in [-0.2, -0.15) is 0 Å². The third-order valence-corrected chi connectivity index (χ3v) is 3.75. The lowest BCUT2D eigenvalue weighted by molar-refractivity contribution is -0.116. The van der Waals surface area contributed by atoms with Gasteiger partial charge in [0.15, 0.2) is 5.13 Å². The molecule has 0 fully saturated rings. The quantitative estimate of drug-likeness (QED) is 0.800. The van der Waals surface area contributed by atoms with Gasteiger partial charge >= 0.3 is 0 Å². The zero-order valence-electron chi connectivity index (χ0n) is 11.2. The van der Waals surface area contributed by atoms with E-state index in [4.69, 9.17) is 0 Å². The van der Waals surface area contributed by atoms with Crippen LogP contribution in [0.1, 0.15) is 4.88 Å². The standard InChI is InChI=1S/C14H12N4O2S/c1-9-6-16-14(21-9)17-12(19)8-18-11-5-3-2-4-10(11)15-7-13(18)20/h2-7H,8H2,1H3,(H,16,17,19). The van der Waals surface area contributed by atoms with Crippen LogP contribution in [-0.4, -0.2) is 20.4 Å². The Morgan fingerprint density at radius 1 is 1.29 bits per heavy atom. The van der Waals surface area contributed by atoms with Crippen LogP contribution in [0.2, 0.25) is 0 Å². The molecule has 7 heteroatoms. The fourth-order valence-corrected chi connectivity index (χ4v) is 2.67. The molecule has 2 heterocycles. The van der Waals surface area contributed by atoms with E-state index in [9.17, 15) is 9.59 Å². The van der Waals surface area contributed by atoms with Crippen LogP contribution in [0.3, 0.4) is 0 Å². The number of nitrogens with zero attached hydrogens (tertiary/aromatic N) is 3. The van der Waals surface area contributed by atoms with Crippen molar-refractivity contribution >= 4 is 33.4 Å². The third kappa shape index (κ3) is 2.82. The molecule has 1 amide bonds. The number of aromatic nitrogens is 3. The van der Waals surface area contributed by atoms with Crippen molar-refractivity contribution in [1.82, 2.24) is 14.5 Å². The fraction of sp³-hybridized carbons (Fsp3) is 0.143. The van der Waals surface area contributed by atoms with Gasteiger partial charge < -0.3 is 5.32 Å². The van der Waals surface area contributed by atoms with Gasteiger partial charge in [-0.05, 0) is 19.1 Å². The summed E-state index contributed by atoms with van der Waals surface area (Å²) in [6, 6.07) is 7.21. The van der Waals surface area contributed by atoms with Gasteiger partial charge in [-0.1, -0.05) is 12.1 Å². The second-order valence-corrected chi connectivity index (χ2v) is 5.73. The SMILES string of the molecule is Cc1cnc(NC(=O)Cn2c(=O)cnc3ccccc32)s1. The van der Waals surface area contributed by atoms with Crippen LogP contribution in [0.25, 0.3) is 11.0 Å². The molecule has 6 nitrogen and oxygen atoms in total. The second-order valence-electron chi connectivity index (χ2n) is 4.50. The summed E-state index contributed by atoms with van der Waals surface area (Å²) in [6.07, 6.45) is 2.91. The third-order valence-electron chi connectivity index (χ3n) is 2.92. The molecule has 0 spiro atoms. The molecule has 0 bridgehead atoms. The molecule has 0 aliphatic rings. The van der Waals surface area contributed by atoms with Gasteiger partial charge in [0.05, 0.1) is 17.2 Å². The average Bonchev–Trinajstić information content (AvgIpc) is 2.87. The van der Waals surface area contributed by atoms with E-state index in [1.807, 2.05) is 19.1 Å². The zero-order valence-corrected chi connectivity index (χ0v) is 12.1. The van der Waals surface area contributed by atoms with Crippen molar-refractivity contribution in [3.8, 4) is 0 Å². The molecule has 0 radical (unpaired) electrons. The van der Waals surface area contributed by atoms with Crippen molar-refractivity contribution < 1.29 is 4.79 Å². The molecule has 0 aliphatic carbocycles. The number of rotatable bonds is 3. The Morgan fingerprint density at radius 2 is 2.10 bits per heavy atom. The number of hydrogen-bond acceptors (Lipinski definition) is 5. The molecule has 1 N–H and O–H groups in total. The number of para-hydroxylation sites is 2. The van der Waals surface area contributed by atoms with Crippen molar-refractivity contribution in [3.05, 3.63) is 51.9 Å². The van der Waals surface area contributed by atoms with E-state index in [1.165, 1.54) is 22.1 Å². The molecule has 3 aromatic rings. The highest BCUT2D eigenvalue weighted by Gasteiger charge is 2.10. The number of carbonyl (C=O) groups is 1. The van der Waals surface area contributed by atoms with E-state index in [-0.39, 0.29) is 18.0 Å². The molecule has 3 rings (SSSR count). The molecule has 0 saturated heterocycles. The van der Waals surface area contributed by atoms with Crippen LogP contribution < -0.4 is 10.9 Å². The van der Waals surface area contributed by atoms with Gasteiger partial charge in [0, 0.05) is 11.1 Å². The Balaban J connectivity index is 1.89. The molecule has 0 unspecified atom stereocenters. The topological polar surface area (TPSA) is 76.9 Å². The van der Waals surface area contributed by atoms with E-state index in [1.54, 1.807) is 18.3 Å². The number of carbonyl (C=O) groups excluding carboxylic acids is 1. The predicted molar refractivity (Wildman–Crippen MR) is 81.5 cm³/mol. The fourth-order valence-electron chi connectivity index (χ4n) is 1.99. The number of amides is 1. The Labute approximate surface area is 124 Å². The van der Waals surface area contributed by atoms with Crippen molar-refractivity contribution in [3.63, 3.8) is 0 Å². The molecular formula is C14H12N4O2S. The van der Waals surface area contributed by atoms with Gasteiger partial charge in [0.1, 0.15) is 6.54 Å².